The van der Waals surface area contributed by atoms with Crippen molar-refractivity contribution in [3.63, 3.8) is 0 Å². The zero-order valence-electron chi connectivity index (χ0n) is 12.7. The number of ether oxygens (including phenoxy) is 2. The molecule has 2 aromatic rings. The molecule has 1 N–H and O–H groups in total. The molecule has 0 aliphatic carbocycles. The summed E-state index contributed by atoms with van der Waals surface area (Å²) < 4.78 is 11.4. The molecule has 0 saturated heterocycles. The lowest BCUT2D eigenvalue weighted by molar-refractivity contribution is 0.276. The quantitative estimate of drug-likeness (QED) is 0.752. The number of benzene rings is 1. The minimum atomic E-state index is 0.647. The van der Waals surface area contributed by atoms with E-state index in [1.54, 1.807) is 11.3 Å². The summed E-state index contributed by atoms with van der Waals surface area (Å²) in [6.45, 7) is 7.18. The van der Waals surface area contributed by atoms with Crippen LogP contribution in [-0.2, 0) is 13.1 Å². The molecule has 1 heterocycles. The van der Waals surface area contributed by atoms with E-state index in [-0.39, 0.29) is 0 Å². The zero-order chi connectivity index (χ0) is 14.9. The minimum Gasteiger partial charge on any atom is -0.490 e. The number of thiophene rings is 1. The van der Waals surface area contributed by atoms with Crippen LogP contribution in [0.25, 0.3) is 0 Å². The van der Waals surface area contributed by atoms with Crippen molar-refractivity contribution in [2.45, 2.75) is 33.4 Å². The van der Waals surface area contributed by atoms with Gasteiger partial charge in [-0.2, -0.15) is 0 Å². The van der Waals surface area contributed by atoms with Crippen molar-refractivity contribution in [3.05, 3.63) is 46.2 Å². The van der Waals surface area contributed by atoms with E-state index < -0.39 is 0 Å². The van der Waals surface area contributed by atoms with Crippen LogP contribution in [0.3, 0.4) is 0 Å². The predicted molar refractivity (Wildman–Crippen MR) is 88.3 cm³/mol. The second-order valence-electron chi connectivity index (χ2n) is 4.75. The van der Waals surface area contributed by atoms with Crippen molar-refractivity contribution in [2.24, 2.45) is 0 Å². The second kappa shape index (κ2) is 8.70. The smallest absolute Gasteiger partial charge is 0.161 e. The lowest BCUT2D eigenvalue weighted by Gasteiger charge is -2.13. The monoisotopic (exact) mass is 305 g/mol. The molecule has 0 amide bonds. The van der Waals surface area contributed by atoms with E-state index in [0.717, 1.165) is 37.6 Å². The molecule has 2 rings (SSSR count). The molecule has 0 aliphatic rings. The Kier molecular flexibility index (Phi) is 6.57. The van der Waals surface area contributed by atoms with Crippen molar-refractivity contribution in [1.29, 1.82) is 0 Å². The first-order valence-corrected chi connectivity index (χ1v) is 8.33. The van der Waals surface area contributed by atoms with Gasteiger partial charge in [-0.05, 0) is 42.5 Å². The third kappa shape index (κ3) is 5.06. The largest absolute Gasteiger partial charge is 0.490 e. The van der Waals surface area contributed by atoms with Crippen molar-refractivity contribution in [3.8, 4) is 11.5 Å². The third-order valence-corrected chi connectivity index (χ3v) is 3.85. The molecule has 1 aromatic carbocycles. The van der Waals surface area contributed by atoms with E-state index in [0.29, 0.717) is 6.61 Å². The molecule has 3 nitrogen and oxygen atoms in total. The molecule has 0 unspecified atom stereocenters. The Hall–Kier alpha value is -1.52. The average molecular weight is 305 g/mol. The van der Waals surface area contributed by atoms with E-state index in [1.807, 2.05) is 13.0 Å². The Morgan fingerprint density at radius 3 is 2.67 bits per heavy atom. The lowest BCUT2D eigenvalue weighted by Crippen LogP contribution is -2.12. The van der Waals surface area contributed by atoms with Gasteiger partial charge in [0.2, 0.25) is 0 Å². The molecule has 0 spiro atoms. The fourth-order valence-electron chi connectivity index (χ4n) is 2.01. The molecule has 0 atom stereocenters. The molecular weight excluding hydrogens is 282 g/mol. The molecular formula is C17H23NO2S. The Labute approximate surface area is 130 Å². The average Bonchev–Trinajstić information content (AvgIpc) is 3.00. The Morgan fingerprint density at radius 2 is 1.95 bits per heavy atom. The molecule has 114 valence electrons. The van der Waals surface area contributed by atoms with E-state index >= 15 is 0 Å². The maximum atomic E-state index is 5.71. The van der Waals surface area contributed by atoms with Crippen LogP contribution in [0.1, 0.15) is 30.7 Å². The molecule has 4 heteroatoms. The summed E-state index contributed by atoms with van der Waals surface area (Å²) in [5.74, 6) is 1.67. The van der Waals surface area contributed by atoms with Crippen molar-refractivity contribution in [2.75, 3.05) is 13.2 Å². The van der Waals surface area contributed by atoms with Gasteiger partial charge in [0.05, 0.1) is 13.2 Å². The van der Waals surface area contributed by atoms with Crippen LogP contribution in [0, 0.1) is 0 Å². The van der Waals surface area contributed by atoms with Crippen LogP contribution in [0.15, 0.2) is 35.7 Å². The van der Waals surface area contributed by atoms with Gasteiger partial charge < -0.3 is 14.8 Å². The molecule has 1 aromatic heterocycles. The molecule has 0 bridgehead atoms. The van der Waals surface area contributed by atoms with Crippen molar-refractivity contribution >= 4 is 11.3 Å². The van der Waals surface area contributed by atoms with E-state index in [9.17, 15) is 0 Å². The van der Waals surface area contributed by atoms with Crippen LogP contribution in [0.4, 0.5) is 0 Å². The van der Waals surface area contributed by atoms with Crippen LogP contribution >= 0.6 is 11.3 Å². The van der Waals surface area contributed by atoms with E-state index in [1.165, 1.54) is 10.4 Å². The van der Waals surface area contributed by atoms with Crippen LogP contribution < -0.4 is 14.8 Å². The maximum absolute atomic E-state index is 5.71. The molecule has 0 fully saturated rings. The highest BCUT2D eigenvalue weighted by atomic mass is 32.1. The van der Waals surface area contributed by atoms with Crippen molar-refractivity contribution in [1.82, 2.24) is 5.32 Å². The summed E-state index contributed by atoms with van der Waals surface area (Å²) in [4.78, 5) is 1.35. The Bertz CT molecular complexity index is 526. The fourth-order valence-corrected chi connectivity index (χ4v) is 2.68. The zero-order valence-corrected chi connectivity index (χ0v) is 13.5. The number of nitrogens with one attached hydrogen (secondary N) is 1. The van der Waals surface area contributed by atoms with Gasteiger partial charge in [0.15, 0.2) is 11.5 Å². The highest BCUT2D eigenvalue weighted by Gasteiger charge is 2.06. The first kappa shape index (κ1) is 15.9. The predicted octanol–water partition coefficient (Wildman–Crippen LogP) is 4.23. The van der Waals surface area contributed by atoms with Gasteiger partial charge in [0, 0.05) is 18.0 Å². The molecule has 0 aliphatic heterocycles. The SMILES string of the molecule is CCCOc1ccc(CNCc2cccs2)cc1OCC. The van der Waals surface area contributed by atoms with Gasteiger partial charge in [-0.15, -0.1) is 11.3 Å². The van der Waals surface area contributed by atoms with Gasteiger partial charge in [0.1, 0.15) is 0 Å². The fraction of sp³-hybridized carbons (Fsp3) is 0.412. The van der Waals surface area contributed by atoms with Crippen LogP contribution in [0.2, 0.25) is 0 Å². The highest BCUT2D eigenvalue weighted by Crippen LogP contribution is 2.28. The Balaban J connectivity index is 1.94. The number of rotatable bonds is 9. The van der Waals surface area contributed by atoms with Gasteiger partial charge in [-0.3, -0.25) is 0 Å². The van der Waals surface area contributed by atoms with Crippen molar-refractivity contribution < 1.29 is 9.47 Å². The topological polar surface area (TPSA) is 30.5 Å². The molecule has 21 heavy (non-hydrogen) atoms. The van der Waals surface area contributed by atoms with E-state index in [2.05, 4.69) is 41.9 Å². The standard InChI is InChI=1S/C17H23NO2S/c1-3-9-20-16-8-7-14(11-17(16)19-4-2)12-18-13-15-6-5-10-21-15/h5-8,10-11,18H,3-4,9,12-13H2,1-2H3. The number of hydrogen-bond donors (Lipinski definition) is 1. The summed E-state index contributed by atoms with van der Waals surface area (Å²) in [5.41, 5.74) is 1.21. The van der Waals surface area contributed by atoms with Gasteiger partial charge in [-0.1, -0.05) is 19.1 Å². The first-order chi connectivity index (χ1) is 10.3. The first-order valence-electron chi connectivity index (χ1n) is 7.45. The summed E-state index contributed by atoms with van der Waals surface area (Å²) in [6.07, 6.45) is 0.996. The van der Waals surface area contributed by atoms with Crippen LogP contribution in [0.5, 0.6) is 11.5 Å². The minimum absolute atomic E-state index is 0.647. The number of hydrogen-bond acceptors (Lipinski definition) is 4. The van der Waals surface area contributed by atoms with Gasteiger partial charge in [-0.25, -0.2) is 0 Å². The Morgan fingerprint density at radius 1 is 1.05 bits per heavy atom. The summed E-state index contributed by atoms with van der Waals surface area (Å²) in [6, 6.07) is 10.4. The highest BCUT2D eigenvalue weighted by molar-refractivity contribution is 7.09. The maximum Gasteiger partial charge on any atom is 0.161 e. The van der Waals surface area contributed by atoms with E-state index in [4.69, 9.17) is 9.47 Å². The second-order valence-corrected chi connectivity index (χ2v) is 5.78. The summed E-state index contributed by atoms with van der Waals surface area (Å²) in [7, 11) is 0. The molecule has 0 radical (unpaired) electrons. The summed E-state index contributed by atoms with van der Waals surface area (Å²) in [5, 5.41) is 5.55. The normalized spacial score (nSPS) is 10.6. The van der Waals surface area contributed by atoms with Crippen LogP contribution in [-0.4, -0.2) is 13.2 Å². The summed E-state index contributed by atoms with van der Waals surface area (Å²) >= 11 is 1.77. The van der Waals surface area contributed by atoms with Gasteiger partial charge in [0.25, 0.3) is 0 Å². The molecule has 0 saturated carbocycles. The lowest BCUT2D eigenvalue weighted by atomic mass is 10.2. The third-order valence-electron chi connectivity index (χ3n) is 2.98. The van der Waals surface area contributed by atoms with Gasteiger partial charge >= 0.3 is 0 Å².